The minimum Gasteiger partial charge on any atom is -0.370 e. The van der Waals surface area contributed by atoms with Crippen LogP contribution in [0.1, 0.15) is 19.8 Å². The van der Waals surface area contributed by atoms with Crippen molar-refractivity contribution >= 4 is 11.8 Å². The molecular weight excluding hydrogens is 300 g/mol. The normalized spacial score (nSPS) is 11.3. The molecule has 0 radical (unpaired) electrons. The summed E-state index contributed by atoms with van der Waals surface area (Å²) in [5, 5.41) is 9.97. The first-order valence-corrected chi connectivity index (χ1v) is 8.66. The van der Waals surface area contributed by atoms with Gasteiger partial charge in [-0.05, 0) is 44.0 Å². The lowest BCUT2D eigenvalue weighted by atomic mass is 10.3. The molecule has 6 heteroatoms. The van der Waals surface area contributed by atoms with E-state index in [-0.39, 0.29) is 0 Å². The minimum absolute atomic E-state index is 0.822. The predicted molar refractivity (Wildman–Crippen MR) is 100 cm³/mol. The summed E-state index contributed by atoms with van der Waals surface area (Å²) in [5.74, 6) is 1.82. The summed E-state index contributed by atoms with van der Waals surface area (Å²) in [4.78, 5) is 8.86. The van der Waals surface area contributed by atoms with Crippen LogP contribution in [0.4, 0.5) is 5.82 Å². The molecule has 0 aliphatic rings. The van der Waals surface area contributed by atoms with Crippen LogP contribution in [0.2, 0.25) is 0 Å². The Morgan fingerprint density at radius 3 is 2.71 bits per heavy atom. The summed E-state index contributed by atoms with van der Waals surface area (Å²) in [7, 11) is 0. The van der Waals surface area contributed by atoms with Gasteiger partial charge in [-0.1, -0.05) is 6.07 Å². The lowest BCUT2D eigenvalue weighted by molar-refractivity contribution is 0.663. The standard InChI is InChI=1S/C18H28N6/c1-2-19-18(23-13-16-24-14-7-8-15-24)22-12-6-5-11-21-17-9-3-4-10-20-17/h3-4,7-10,14-15H,2,5-6,11-13,16H2,1H3,(H,20,21)(H2,19,22,23). The third-order valence-corrected chi connectivity index (χ3v) is 3.50. The predicted octanol–water partition coefficient (Wildman–Crippen LogP) is 2.33. The Morgan fingerprint density at radius 2 is 1.96 bits per heavy atom. The van der Waals surface area contributed by atoms with Crippen molar-refractivity contribution in [2.45, 2.75) is 26.3 Å². The van der Waals surface area contributed by atoms with E-state index in [0.29, 0.717) is 0 Å². The van der Waals surface area contributed by atoms with Crippen LogP contribution in [0, 0.1) is 0 Å². The molecule has 0 saturated heterocycles. The van der Waals surface area contributed by atoms with E-state index in [1.54, 1.807) is 6.20 Å². The first-order valence-electron chi connectivity index (χ1n) is 8.66. The van der Waals surface area contributed by atoms with E-state index < -0.39 is 0 Å². The smallest absolute Gasteiger partial charge is 0.191 e. The van der Waals surface area contributed by atoms with Crippen molar-refractivity contribution in [1.29, 1.82) is 0 Å². The number of hydrogen-bond acceptors (Lipinski definition) is 3. The average molecular weight is 328 g/mol. The van der Waals surface area contributed by atoms with Crippen molar-refractivity contribution in [3.05, 3.63) is 48.9 Å². The van der Waals surface area contributed by atoms with Gasteiger partial charge in [0.1, 0.15) is 5.82 Å². The minimum atomic E-state index is 0.822. The maximum absolute atomic E-state index is 4.62. The summed E-state index contributed by atoms with van der Waals surface area (Å²) >= 11 is 0. The Bertz CT molecular complexity index is 564. The van der Waals surface area contributed by atoms with E-state index >= 15 is 0 Å². The highest BCUT2D eigenvalue weighted by atomic mass is 15.2. The molecule has 0 bridgehead atoms. The van der Waals surface area contributed by atoms with Gasteiger partial charge in [0, 0.05) is 51.3 Å². The second-order valence-electron chi connectivity index (χ2n) is 5.46. The fourth-order valence-corrected chi connectivity index (χ4v) is 2.28. The molecule has 0 atom stereocenters. The molecule has 2 heterocycles. The van der Waals surface area contributed by atoms with Gasteiger partial charge >= 0.3 is 0 Å². The van der Waals surface area contributed by atoms with Gasteiger partial charge < -0.3 is 20.5 Å². The molecule has 2 aromatic rings. The van der Waals surface area contributed by atoms with Crippen molar-refractivity contribution in [2.75, 3.05) is 31.5 Å². The first-order chi connectivity index (χ1) is 11.9. The zero-order valence-electron chi connectivity index (χ0n) is 14.4. The largest absolute Gasteiger partial charge is 0.370 e. The fourth-order valence-electron chi connectivity index (χ4n) is 2.28. The molecule has 2 aromatic heterocycles. The van der Waals surface area contributed by atoms with Gasteiger partial charge in [0.2, 0.25) is 0 Å². The second-order valence-corrected chi connectivity index (χ2v) is 5.46. The number of anilines is 1. The number of nitrogens with zero attached hydrogens (tertiary/aromatic N) is 3. The number of guanidine groups is 1. The molecule has 0 aliphatic heterocycles. The number of hydrogen-bond donors (Lipinski definition) is 3. The number of pyridine rings is 1. The Kier molecular flexibility index (Phi) is 8.25. The Balaban J connectivity index is 1.59. The molecule has 0 fully saturated rings. The summed E-state index contributed by atoms with van der Waals surface area (Å²) in [6, 6.07) is 9.97. The Morgan fingerprint density at radius 1 is 1.08 bits per heavy atom. The molecular formula is C18H28N6. The molecule has 2 rings (SSSR count). The number of aromatic nitrogens is 2. The molecule has 0 unspecified atom stereocenters. The summed E-state index contributed by atoms with van der Waals surface area (Å²) in [5.41, 5.74) is 0. The third-order valence-electron chi connectivity index (χ3n) is 3.50. The van der Waals surface area contributed by atoms with Crippen molar-refractivity contribution in [2.24, 2.45) is 4.99 Å². The molecule has 0 saturated carbocycles. The molecule has 0 amide bonds. The summed E-state index contributed by atoms with van der Waals surface area (Å²) in [6.07, 6.45) is 8.06. The van der Waals surface area contributed by atoms with Crippen LogP contribution >= 0.6 is 0 Å². The molecule has 24 heavy (non-hydrogen) atoms. The lowest BCUT2D eigenvalue weighted by Gasteiger charge is -2.11. The Labute approximate surface area is 144 Å². The van der Waals surface area contributed by atoms with Gasteiger partial charge in [0.25, 0.3) is 0 Å². The summed E-state index contributed by atoms with van der Waals surface area (Å²) < 4.78 is 2.15. The molecule has 0 spiro atoms. The van der Waals surface area contributed by atoms with Gasteiger partial charge in [-0.15, -0.1) is 0 Å². The van der Waals surface area contributed by atoms with Crippen LogP contribution in [0.3, 0.4) is 0 Å². The van der Waals surface area contributed by atoms with Crippen LogP contribution < -0.4 is 16.0 Å². The number of nitrogens with one attached hydrogen (secondary N) is 3. The van der Waals surface area contributed by atoms with Gasteiger partial charge in [0.15, 0.2) is 5.96 Å². The number of rotatable bonds is 10. The molecule has 6 nitrogen and oxygen atoms in total. The van der Waals surface area contributed by atoms with Gasteiger partial charge in [0.05, 0.1) is 0 Å². The maximum Gasteiger partial charge on any atom is 0.191 e. The fraction of sp³-hybridized carbons (Fsp3) is 0.444. The first kappa shape index (κ1) is 17.8. The van der Waals surface area contributed by atoms with E-state index in [9.17, 15) is 0 Å². The lowest BCUT2D eigenvalue weighted by Crippen LogP contribution is -2.38. The SMILES string of the molecule is CCNC(=NCCCCNc1ccccn1)NCCn1cccc1. The van der Waals surface area contributed by atoms with E-state index in [1.165, 1.54) is 0 Å². The maximum atomic E-state index is 4.62. The number of unbranched alkanes of at least 4 members (excludes halogenated alkanes) is 1. The van der Waals surface area contributed by atoms with Crippen LogP contribution in [-0.4, -0.2) is 41.7 Å². The van der Waals surface area contributed by atoms with E-state index in [0.717, 1.165) is 57.3 Å². The molecule has 130 valence electrons. The van der Waals surface area contributed by atoms with Gasteiger partial charge in [-0.25, -0.2) is 4.98 Å². The van der Waals surface area contributed by atoms with Crippen LogP contribution in [0.5, 0.6) is 0 Å². The molecule has 3 N–H and O–H groups in total. The van der Waals surface area contributed by atoms with Gasteiger partial charge in [-0.2, -0.15) is 0 Å². The van der Waals surface area contributed by atoms with E-state index in [1.807, 2.05) is 30.3 Å². The van der Waals surface area contributed by atoms with E-state index in [2.05, 4.69) is 49.8 Å². The van der Waals surface area contributed by atoms with Crippen LogP contribution in [0.25, 0.3) is 0 Å². The second kappa shape index (κ2) is 11.1. The summed E-state index contributed by atoms with van der Waals surface area (Å²) in [6.45, 7) is 6.50. The van der Waals surface area contributed by atoms with Crippen molar-refractivity contribution in [3.63, 3.8) is 0 Å². The van der Waals surface area contributed by atoms with Crippen LogP contribution in [-0.2, 0) is 6.54 Å². The highest BCUT2D eigenvalue weighted by molar-refractivity contribution is 5.79. The van der Waals surface area contributed by atoms with Crippen molar-refractivity contribution in [1.82, 2.24) is 20.2 Å². The van der Waals surface area contributed by atoms with Crippen LogP contribution in [0.15, 0.2) is 53.9 Å². The third kappa shape index (κ3) is 7.17. The monoisotopic (exact) mass is 328 g/mol. The average Bonchev–Trinajstić information content (AvgIpc) is 3.12. The number of aliphatic imine (C=N–C) groups is 1. The van der Waals surface area contributed by atoms with Gasteiger partial charge in [-0.3, -0.25) is 4.99 Å². The van der Waals surface area contributed by atoms with Crippen molar-refractivity contribution < 1.29 is 0 Å². The Hall–Kier alpha value is -2.50. The zero-order chi connectivity index (χ0) is 16.9. The highest BCUT2D eigenvalue weighted by Gasteiger charge is 1.97. The topological polar surface area (TPSA) is 66.3 Å². The highest BCUT2D eigenvalue weighted by Crippen LogP contribution is 2.00. The molecule has 0 aliphatic carbocycles. The van der Waals surface area contributed by atoms with E-state index in [4.69, 9.17) is 0 Å². The van der Waals surface area contributed by atoms with Crippen molar-refractivity contribution in [3.8, 4) is 0 Å². The quantitative estimate of drug-likeness (QED) is 0.356. The molecule has 0 aromatic carbocycles. The zero-order valence-corrected chi connectivity index (χ0v) is 14.4.